The molecular formula is C14H29NO4. The molecule has 0 saturated carbocycles. The van der Waals surface area contributed by atoms with Crippen molar-refractivity contribution < 1.29 is 18.9 Å². The van der Waals surface area contributed by atoms with E-state index in [2.05, 4.69) is 26.1 Å². The Morgan fingerprint density at radius 1 is 1.21 bits per heavy atom. The van der Waals surface area contributed by atoms with Gasteiger partial charge in [0.05, 0.1) is 12.7 Å². The molecule has 0 aromatic rings. The van der Waals surface area contributed by atoms with E-state index in [0.717, 1.165) is 39.1 Å². The van der Waals surface area contributed by atoms with Gasteiger partial charge in [-0.25, -0.2) is 0 Å². The molecule has 1 aliphatic heterocycles. The van der Waals surface area contributed by atoms with Crippen LogP contribution in [-0.2, 0) is 18.9 Å². The zero-order valence-corrected chi connectivity index (χ0v) is 12.5. The molecule has 0 spiro atoms. The van der Waals surface area contributed by atoms with Crippen molar-refractivity contribution in [2.45, 2.75) is 58.7 Å². The van der Waals surface area contributed by atoms with Crippen molar-refractivity contribution in [3.8, 4) is 0 Å². The van der Waals surface area contributed by atoms with Crippen LogP contribution in [0, 0.1) is 0 Å². The van der Waals surface area contributed by atoms with Crippen LogP contribution in [0.4, 0.5) is 0 Å². The van der Waals surface area contributed by atoms with Crippen molar-refractivity contribution in [1.82, 2.24) is 5.32 Å². The second kappa shape index (κ2) is 10.6. The average Bonchev–Trinajstić information content (AvgIpc) is 2.41. The summed E-state index contributed by atoms with van der Waals surface area (Å²) in [5.74, 6) is 0. The Morgan fingerprint density at radius 3 is 2.47 bits per heavy atom. The molecule has 1 rings (SSSR count). The first kappa shape index (κ1) is 16.9. The van der Waals surface area contributed by atoms with Crippen LogP contribution >= 0.6 is 0 Å². The van der Waals surface area contributed by atoms with Gasteiger partial charge in [-0.05, 0) is 26.2 Å². The molecule has 0 aliphatic carbocycles. The van der Waals surface area contributed by atoms with Crippen LogP contribution in [0.25, 0.3) is 0 Å². The molecule has 19 heavy (non-hydrogen) atoms. The van der Waals surface area contributed by atoms with Crippen molar-refractivity contribution >= 4 is 0 Å². The predicted octanol–water partition coefficient (Wildman–Crippen LogP) is 1.91. The molecular weight excluding hydrogens is 246 g/mol. The number of hydrogen-bond acceptors (Lipinski definition) is 5. The topological polar surface area (TPSA) is 49.0 Å². The molecule has 2 unspecified atom stereocenters. The molecule has 0 aromatic heterocycles. The first-order valence-electron chi connectivity index (χ1n) is 7.47. The lowest BCUT2D eigenvalue weighted by molar-refractivity contribution is -0.206. The lowest BCUT2D eigenvalue weighted by Gasteiger charge is -2.28. The predicted molar refractivity (Wildman–Crippen MR) is 74.0 cm³/mol. The van der Waals surface area contributed by atoms with Crippen LogP contribution in [0.15, 0.2) is 0 Å². The summed E-state index contributed by atoms with van der Waals surface area (Å²) in [6.45, 7) is 9.82. The Hall–Kier alpha value is -0.200. The van der Waals surface area contributed by atoms with Gasteiger partial charge in [-0.3, -0.25) is 0 Å². The van der Waals surface area contributed by atoms with Crippen LogP contribution in [0.2, 0.25) is 0 Å². The lowest BCUT2D eigenvalue weighted by Crippen LogP contribution is -2.41. The van der Waals surface area contributed by atoms with Crippen LogP contribution in [0.3, 0.4) is 0 Å². The molecule has 1 fully saturated rings. The highest BCUT2D eigenvalue weighted by Gasteiger charge is 2.19. The molecule has 5 heteroatoms. The van der Waals surface area contributed by atoms with Crippen LogP contribution in [0.5, 0.6) is 0 Å². The first-order chi connectivity index (χ1) is 9.26. The van der Waals surface area contributed by atoms with E-state index in [1.54, 1.807) is 0 Å². The number of nitrogens with one attached hydrogen (secondary N) is 1. The van der Waals surface area contributed by atoms with Crippen molar-refractivity contribution in [2.24, 2.45) is 0 Å². The van der Waals surface area contributed by atoms with E-state index < -0.39 is 0 Å². The number of hydrogen-bond donors (Lipinski definition) is 1. The lowest BCUT2D eigenvalue weighted by atomic mass is 10.3. The molecule has 0 radical (unpaired) electrons. The molecule has 0 bridgehead atoms. The Balaban J connectivity index is 2.14. The third-order valence-electron chi connectivity index (χ3n) is 2.85. The van der Waals surface area contributed by atoms with Crippen LogP contribution < -0.4 is 5.32 Å². The standard InChI is InChI=1S/C14H29NO4/c1-4-7-16-13(17-8-5-2)10-15-11-14-18-9-6-12(3)19-14/h12-15H,4-11H2,1-3H3. The third-order valence-corrected chi connectivity index (χ3v) is 2.85. The van der Waals surface area contributed by atoms with Gasteiger partial charge in [-0.15, -0.1) is 0 Å². The normalized spacial score (nSPS) is 24.0. The van der Waals surface area contributed by atoms with E-state index in [-0.39, 0.29) is 18.7 Å². The summed E-state index contributed by atoms with van der Waals surface area (Å²) in [5, 5.41) is 3.29. The SMILES string of the molecule is CCCOC(CNCC1OCCC(C)O1)OCCC. The fourth-order valence-corrected chi connectivity index (χ4v) is 1.82. The molecule has 114 valence electrons. The Bertz CT molecular complexity index is 208. The van der Waals surface area contributed by atoms with Crippen LogP contribution in [-0.4, -0.2) is 51.6 Å². The van der Waals surface area contributed by atoms with Crippen molar-refractivity contribution in [3.05, 3.63) is 0 Å². The Morgan fingerprint density at radius 2 is 1.89 bits per heavy atom. The van der Waals surface area contributed by atoms with Gasteiger partial charge in [0.25, 0.3) is 0 Å². The van der Waals surface area contributed by atoms with E-state index in [0.29, 0.717) is 13.1 Å². The molecule has 1 aliphatic rings. The van der Waals surface area contributed by atoms with Crippen LogP contribution in [0.1, 0.15) is 40.0 Å². The fraction of sp³-hybridized carbons (Fsp3) is 1.00. The van der Waals surface area contributed by atoms with E-state index in [1.165, 1.54) is 0 Å². The molecule has 0 amide bonds. The van der Waals surface area contributed by atoms with Gasteiger partial charge in [0.15, 0.2) is 12.6 Å². The number of ether oxygens (including phenoxy) is 4. The van der Waals surface area contributed by atoms with Gasteiger partial charge in [0, 0.05) is 26.3 Å². The maximum atomic E-state index is 5.66. The maximum Gasteiger partial charge on any atom is 0.170 e. The summed E-state index contributed by atoms with van der Waals surface area (Å²) in [5.41, 5.74) is 0. The third kappa shape index (κ3) is 7.84. The first-order valence-corrected chi connectivity index (χ1v) is 7.47. The van der Waals surface area contributed by atoms with E-state index in [1.807, 2.05) is 0 Å². The fourth-order valence-electron chi connectivity index (χ4n) is 1.82. The molecule has 0 aromatic carbocycles. The Labute approximate surface area is 116 Å². The highest BCUT2D eigenvalue weighted by atomic mass is 16.7. The molecule has 5 nitrogen and oxygen atoms in total. The second-order valence-electron chi connectivity index (χ2n) is 4.87. The van der Waals surface area contributed by atoms with Gasteiger partial charge in [0.2, 0.25) is 0 Å². The smallest absolute Gasteiger partial charge is 0.170 e. The van der Waals surface area contributed by atoms with Crippen molar-refractivity contribution in [3.63, 3.8) is 0 Å². The minimum Gasteiger partial charge on any atom is -0.351 e. The molecule has 2 atom stereocenters. The van der Waals surface area contributed by atoms with Crippen molar-refractivity contribution in [2.75, 3.05) is 32.9 Å². The molecule has 1 heterocycles. The minimum absolute atomic E-state index is 0.151. The second-order valence-corrected chi connectivity index (χ2v) is 4.87. The van der Waals surface area contributed by atoms with Gasteiger partial charge in [-0.1, -0.05) is 13.8 Å². The highest BCUT2D eigenvalue weighted by Crippen LogP contribution is 2.10. The monoisotopic (exact) mass is 275 g/mol. The zero-order valence-electron chi connectivity index (χ0n) is 12.5. The van der Waals surface area contributed by atoms with Gasteiger partial charge >= 0.3 is 0 Å². The molecule has 1 N–H and O–H groups in total. The zero-order chi connectivity index (χ0) is 13.9. The summed E-state index contributed by atoms with van der Waals surface area (Å²) in [6.07, 6.45) is 2.92. The minimum atomic E-state index is -0.180. The van der Waals surface area contributed by atoms with E-state index in [4.69, 9.17) is 18.9 Å². The van der Waals surface area contributed by atoms with E-state index >= 15 is 0 Å². The van der Waals surface area contributed by atoms with Crippen molar-refractivity contribution in [1.29, 1.82) is 0 Å². The highest BCUT2D eigenvalue weighted by molar-refractivity contribution is 4.62. The quantitative estimate of drug-likeness (QED) is 0.617. The van der Waals surface area contributed by atoms with Gasteiger partial charge in [-0.2, -0.15) is 0 Å². The van der Waals surface area contributed by atoms with E-state index in [9.17, 15) is 0 Å². The van der Waals surface area contributed by atoms with Gasteiger partial charge in [0.1, 0.15) is 0 Å². The summed E-state index contributed by atoms with van der Waals surface area (Å²) < 4.78 is 22.5. The maximum absolute atomic E-state index is 5.66. The summed E-state index contributed by atoms with van der Waals surface area (Å²) in [6, 6.07) is 0. The average molecular weight is 275 g/mol. The molecule has 1 saturated heterocycles. The van der Waals surface area contributed by atoms with Gasteiger partial charge < -0.3 is 24.3 Å². The summed E-state index contributed by atoms with van der Waals surface area (Å²) >= 11 is 0. The largest absolute Gasteiger partial charge is 0.351 e. The summed E-state index contributed by atoms with van der Waals surface area (Å²) in [4.78, 5) is 0. The Kier molecular flexibility index (Phi) is 9.38. The number of rotatable bonds is 10. The summed E-state index contributed by atoms with van der Waals surface area (Å²) in [7, 11) is 0.